The minimum absolute atomic E-state index is 0.462. The Morgan fingerprint density at radius 2 is 2.25 bits per heavy atom. The molecule has 0 amide bonds. The van der Waals surface area contributed by atoms with E-state index in [-0.39, 0.29) is 0 Å². The molecule has 0 atom stereocenters. The first kappa shape index (κ1) is 12.4. The molecule has 6 nitrogen and oxygen atoms in total. The smallest absolute Gasteiger partial charge is 0.206 e. The molecule has 0 radical (unpaired) electrons. The number of rotatable bonds is 4. The van der Waals surface area contributed by atoms with Gasteiger partial charge in [0.25, 0.3) is 0 Å². The second-order valence-corrected chi connectivity index (χ2v) is 3.39. The van der Waals surface area contributed by atoms with Gasteiger partial charge in [0, 0.05) is 12.7 Å². The number of guanidine groups is 1. The molecule has 1 aromatic heterocycles. The lowest BCUT2D eigenvalue weighted by Gasteiger charge is -2.07. The Morgan fingerprint density at radius 3 is 2.81 bits per heavy atom. The summed E-state index contributed by atoms with van der Waals surface area (Å²) in [7, 11) is 0. The molecule has 88 valence electrons. The van der Waals surface area contributed by atoms with Crippen LogP contribution in [-0.4, -0.2) is 22.5 Å². The van der Waals surface area contributed by atoms with E-state index in [0.29, 0.717) is 12.5 Å². The highest BCUT2D eigenvalue weighted by atomic mass is 15.3. The highest BCUT2D eigenvalue weighted by Crippen LogP contribution is 1.95. The molecule has 0 saturated carbocycles. The average molecular weight is 222 g/mol. The van der Waals surface area contributed by atoms with Crippen molar-refractivity contribution in [3.05, 3.63) is 23.8 Å². The van der Waals surface area contributed by atoms with Gasteiger partial charge in [0.1, 0.15) is 0 Å². The maximum atomic E-state index is 5.32. The Balaban J connectivity index is 2.52. The van der Waals surface area contributed by atoms with E-state index in [0.717, 1.165) is 24.4 Å². The predicted molar refractivity (Wildman–Crippen MR) is 63.5 cm³/mol. The van der Waals surface area contributed by atoms with Crippen LogP contribution in [0.1, 0.15) is 24.7 Å². The second kappa shape index (κ2) is 6.73. The summed E-state index contributed by atoms with van der Waals surface area (Å²) < 4.78 is 0. The number of aryl methyl sites for hydroxylation is 1. The van der Waals surface area contributed by atoms with Crippen LogP contribution in [0.2, 0.25) is 0 Å². The second-order valence-electron chi connectivity index (χ2n) is 3.39. The predicted octanol–water partition coefficient (Wildman–Crippen LogP) is 0.104. The average Bonchev–Trinajstić information content (AvgIpc) is 2.32. The highest BCUT2D eigenvalue weighted by Gasteiger charge is 1.96. The van der Waals surface area contributed by atoms with Gasteiger partial charge in [-0.15, -0.1) is 0 Å². The molecule has 0 aliphatic heterocycles. The molecule has 6 heteroatoms. The molecule has 0 fully saturated rings. The molecule has 0 aromatic carbocycles. The number of hydrazine groups is 1. The Kier molecular flexibility index (Phi) is 5.21. The maximum absolute atomic E-state index is 5.32. The van der Waals surface area contributed by atoms with Crippen LogP contribution in [0.5, 0.6) is 0 Å². The summed E-state index contributed by atoms with van der Waals surface area (Å²) in [6, 6.07) is 0. The number of nitrogens with two attached hydrogens (primary N) is 1. The molecule has 0 spiro atoms. The summed E-state index contributed by atoms with van der Waals surface area (Å²) in [5.74, 6) is 5.90. The highest BCUT2D eigenvalue weighted by molar-refractivity contribution is 5.79. The van der Waals surface area contributed by atoms with E-state index < -0.39 is 0 Å². The molecule has 1 heterocycles. The third kappa shape index (κ3) is 4.22. The van der Waals surface area contributed by atoms with Gasteiger partial charge in [-0.25, -0.2) is 10.8 Å². The van der Waals surface area contributed by atoms with Crippen molar-refractivity contribution in [3.8, 4) is 0 Å². The summed E-state index contributed by atoms with van der Waals surface area (Å²) in [5.41, 5.74) is 4.22. The Hall–Kier alpha value is -1.69. The van der Waals surface area contributed by atoms with Gasteiger partial charge in [0.15, 0.2) is 0 Å². The zero-order valence-corrected chi connectivity index (χ0v) is 9.70. The van der Waals surface area contributed by atoms with E-state index in [9.17, 15) is 0 Å². The first-order valence-electron chi connectivity index (χ1n) is 5.28. The van der Waals surface area contributed by atoms with E-state index in [1.165, 1.54) is 0 Å². The molecule has 0 bridgehead atoms. The first-order chi connectivity index (χ1) is 7.76. The van der Waals surface area contributed by atoms with Crippen molar-refractivity contribution in [1.82, 2.24) is 20.7 Å². The third-order valence-electron chi connectivity index (χ3n) is 1.91. The quantitative estimate of drug-likeness (QED) is 0.291. The maximum Gasteiger partial charge on any atom is 0.206 e. The van der Waals surface area contributed by atoms with Crippen molar-refractivity contribution in [2.24, 2.45) is 10.8 Å². The lowest BCUT2D eigenvalue weighted by molar-refractivity contribution is 0.787. The van der Waals surface area contributed by atoms with Crippen LogP contribution < -0.4 is 16.6 Å². The van der Waals surface area contributed by atoms with Gasteiger partial charge in [-0.3, -0.25) is 15.4 Å². The van der Waals surface area contributed by atoms with E-state index >= 15 is 0 Å². The van der Waals surface area contributed by atoms with Crippen LogP contribution >= 0.6 is 0 Å². The normalized spacial score (nSPS) is 11.3. The van der Waals surface area contributed by atoms with Gasteiger partial charge in [0.05, 0.1) is 24.1 Å². The van der Waals surface area contributed by atoms with Crippen molar-refractivity contribution < 1.29 is 0 Å². The van der Waals surface area contributed by atoms with Gasteiger partial charge in [0.2, 0.25) is 5.96 Å². The minimum Gasteiger partial charge on any atom is -0.355 e. The van der Waals surface area contributed by atoms with Crippen LogP contribution in [-0.2, 0) is 6.54 Å². The SMILES string of the molecule is CCCNC(=NCc1cnc(C)cn1)NN. The first-order valence-corrected chi connectivity index (χ1v) is 5.28. The summed E-state index contributed by atoms with van der Waals surface area (Å²) >= 11 is 0. The van der Waals surface area contributed by atoms with E-state index in [1.54, 1.807) is 12.4 Å². The molecular formula is C10H18N6. The van der Waals surface area contributed by atoms with Crippen molar-refractivity contribution in [2.75, 3.05) is 6.54 Å². The summed E-state index contributed by atoms with van der Waals surface area (Å²) in [6.07, 6.45) is 4.46. The molecule has 16 heavy (non-hydrogen) atoms. The fourth-order valence-electron chi connectivity index (χ4n) is 1.06. The topological polar surface area (TPSA) is 88.2 Å². The van der Waals surface area contributed by atoms with Crippen LogP contribution in [0, 0.1) is 6.92 Å². The Bertz CT molecular complexity index is 332. The van der Waals surface area contributed by atoms with Crippen LogP contribution in [0.3, 0.4) is 0 Å². The van der Waals surface area contributed by atoms with Gasteiger partial charge >= 0.3 is 0 Å². The molecule has 1 rings (SSSR count). The van der Waals surface area contributed by atoms with Crippen LogP contribution in [0.15, 0.2) is 17.4 Å². The number of nitrogens with one attached hydrogen (secondary N) is 2. The Labute approximate surface area is 95.4 Å². The summed E-state index contributed by atoms with van der Waals surface area (Å²) in [6.45, 7) is 5.27. The van der Waals surface area contributed by atoms with Crippen molar-refractivity contribution in [2.45, 2.75) is 26.8 Å². The van der Waals surface area contributed by atoms with Gasteiger partial charge < -0.3 is 5.32 Å². The molecule has 1 aromatic rings. The number of aromatic nitrogens is 2. The molecular weight excluding hydrogens is 204 g/mol. The van der Waals surface area contributed by atoms with E-state index in [2.05, 4.69) is 32.6 Å². The van der Waals surface area contributed by atoms with Crippen LogP contribution in [0.25, 0.3) is 0 Å². The molecule has 0 unspecified atom stereocenters. The monoisotopic (exact) mass is 222 g/mol. The van der Waals surface area contributed by atoms with Gasteiger partial charge in [-0.1, -0.05) is 6.92 Å². The standard InChI is InChI=1S/C10H18N6/c1-3-4-12-10(16-11)15-7-9-6-13-8(2)5-14-9/h5-6H,3-4,7,11H2,1-2H3,(H2,12,15,16). The Morgan fingerprint density at radius 1 is 1.44 bits per heavy atom. The van der Waals surface area contributed by atoms with E-state index in [4.69, 9.17) is 5.84 Å². The van der Waals surface area contributed by atoms with Gasteiger partial charge in [-0.2, -0.15) is 0 Å². The number of hydrogen-bond donors (Lipinski definition) is 3. The lowest BCUT2D eigenvalue weighted by atomic mass is 10.4. The number of aliphatic imine (C=N–C) groups is 1. The number of nitrogens with zero attached hydrogens (tertiary/aromatic N) is 3. The summed E-state index contributed by atoms with van der Waals surface area (Å²) in [4.78, 5) is 12.6. The van der Waals surface area contributed by atoms with Crippen LogP contribution in [0.4, 0.5) is 0 Å². The largest absolute Gasteiger partial charge is 0.355 e. The lowest BCUT2D eigenvalue weighted by Crippen LogP contribution is -2.41. The third-order valence-corrected chi connectivity index (χ3v) is 1.91. The fourth-order valence-corrected chi connectivity index (χ4v) is 1.06. The molecule has 0 aliphatic carbocycles. The summed E-state index contributed by atoms with van der Waals surface area (Å²) in [5, 5.41) is 3.07. The molecule has 4 N–H and O–H groups in total. The zero-order chi connectivity index (χ0) is 11.8. The zero-order valence-electron chi connectivity index (χ0n) is 9.70. The minimum atomic E-state index is 0.462. The fraction of sp³-hybridized carbons (Fsp3) is 0.500. The van der Waals surface area contributed by atoms with Gasteiger partial charge in [-0.05, 0) is 13.3 Å². The molecule has 0 aliphatic rings. The van der Waals surface area contributed by atoms with Crippen molar-refractivity contribution >= 4 is 5.96 Å². The number of hydrogen-bond acceptors (Lipinski definition) is 4. The van der Waals surface area contributed by atoms with E-state index in [1.807, 2.05) is 6.92 Å². The van der Waals surface area contributed by atoms with Crippen molar-refractivity contribution in [1.29, 1.82) is 0 Å². The molecule has 0 saturated heterocycles. The van der Waals surface area contributed by atoms with Crippen molar-refractivity contribution in [3.63, 3.8) is 0 Å².